The number of benzene rings is 1. The highest BCUT2D eigenvalue weighted by Gasteiger charge is 2.46. The van der Waals surface area contributed by atoms with Crippen LogP contribution in [0, 0.1) is 0 Å². The fourth-order valence-corrected chi connectivity index (χ4v) is 2.92. The smallest absolute Gasteiger partial charge is 0.297 e. The number of hydrogen-bond donors (Lipinski definition) is 1. The average Bonchev–Trinajstić information content (AvgIpc) is 2.47. The maximum atomic E-state index is 12.5. The summed E-state index contributed by atoms with van der Waals surface area (Å²) >= 11 is 0. The number of sulfonamides is 1. The molecule has 2 rings (SSSR count). The first-order chi connectivity index (χ1) is 10.7. The Morgan fingerprint density at radius 1 is 1.17 bits per heavy atom. The summed E-state index contributed by atoms with van der Waals surface area (Å²) in [4.78, 5) is 0. The quantitative estimate of drug-likeness (QED) is 0.850. The van der Waals surface area contributed by atoms with Crippen molar-refractivity contribution in [1.82, 2.24) is 5.01 Å². The Bertz CT molecular complexity index is 681. The van der Waals surface area contributed by atoms with E-state index >= 15 is 0 Å². The molecule has 23 heavy (non-hydrogen) atoms. The minimum absolute atomic E-state index is 0.136. The van der Waals surface area contributed by atoms with Gasteiger partial charge in [0.1, 0.15) is 0 Å². The van der Waals surface area contributed by atoms with Crippen LogP contribution >= 0.6 is 0 Å². The number of anilines is 1. The molecule has 1 heterocycles. The second-order valence-electron chi connectivity index (χ2n) is 5.30. The highest BCUT2D eigenvalue weighted by molar-refractivity contribution is 7.93. The van der Waals surface area contributed by atoms with E-state index in [1.54, 1.807) is 17.7 Å². The van der Waals surface area contributed by atoms with Crippen molar-refractivity contribution in [3.05, 3.63) is 29.8 Å². The molecule has 1 aliphatic rings. The molecular weight excluding hydrogens is 331 g/mol. The van der Waals surface area contributed by atoms with Gasteiger partial charge in [-0.1, -0.05) is 18.2 Å². The summed E-state index contributed by atoms with van der Waals surface area (Å²) < 4.78 is 61.8. The summed E-state index contributed by atoms with van der Waals surface area (Å²) in [5, 5.41) is 6.25. The first kappa shape index (κ1) is 17.6. The zero-order valence-corrected chi connectivity index (χ0v) is 13.4. The van der Waals surface area contributed by atoms with Crippen molar-refractivity contribution < 1.29 is 21.6 Å². The van der Waals surface area contributed by atoms with Gasteiger partial charge in [0.05, 0.1) is 11.4 Å². The molecule has 0 atom stereocenters. The highest BCUT2D eigenvalue weighted by atomic mass is 32.2. The van der Waals surface area contributed by atoms with Gasteiger partial charge in [-0.2, -0.15) is 26.7 Å². The molecular formula is C14H18F3N3O2S. The van der Waals surface area contributed by atoms with Gasteiger partial charge in [0, 0.05) is 18.7 Å². The third kappa shape index (κ3) is 4.37. The zero-order chi connectivity index (χ0) is 17.1. The Morgan fingerprint density at radius 2 is 1.78 bits per heavy atom. The van der Waals surface area contributed by atoms with E-state index in [-0.39, 0.29) is 5.69 Å². The lowest BCUT2D eigenvalue weighted by Crippen LogP contribution is -2.30. The number of hydrazone groups is 1. The molecule has 0 aliphatic carbocycles. The van der Waals surface area contributed by atoms with Crippen LogP contribution in [0.5, 0.6) is 0 Å². The summed E-state index contributed by atoms with van der Waals surface area (Å²) in [5.41, 5.74) is -4.71. The average molecular weight is 349 g/mol. The number of rotatable bonds is 4. The number of hydrogen-bond acceptors (Lipinski definition) is 4. The van der Waals surface area contributed by atoms with Crippen molar-refractivity contribution in [2.45, 2.75) is 31.7 Å². The molecule has 0 bridgehead atoms. The van der Waals surface area contributed by atoms with E-state index in [2.05, 4.69) is 5.10 Å². The van der Waals surface area contributed by atoms with E-state index in [4.69, 9.17) is 0 Å². The Balaban J connectivity index is 2.28. The molecule has 0 aromatic heterocycles. The molecule has 128 valence electrons. The van der Waals surface area contributed by atoms with Gasteiger partial charge in [-0.15, -0.1) is 0 Å². The van der Waals surface area contributed by atoms with Crippen LogP contribution in [-0.4, -0.2) is 37.7 Å². The van der Waals surface area contributed by atoms with E-state index in [0.29, 0.717) is 11.3 Å². The molecule has 0 radical (unpaired) electrons. The topological polar surface area (TPSA) is 61.8 Å². The van der Waals surface area contributed by atoms with Gasteiger partial charge >= 0.3 is 15.5 Å². The molecule has 0 unspecified atom stereocenters. The van der Waals surface area contributed by atoms with Crippen molar-refractivity contribution in [2.75, 3.05) is 17.8 Å². The van der Waals surface area contributed by atoms with Crippen LogP contribution in [0.1, 0.15) is 31.7 Å². The lowest BCUT2D eigenvalue weighted by Gasteiger charge is -2.24. The SMILES string of the molecule is C/C(=N\N1CCCCC1)c1ccccc1NS(=O)(=O)C(F)(F)F. The van der Waals surface area contributed by atoms with Crippen LogP contribution < -0.4 is 4.72 Å². The van der Waals surface area contributed by atoms with Crippen LogP contribution in [0.25, 0.3) is 0 Å². The molecule has 0 saturated carbocycles. The lowest BCUT2D eigenvalue weighted by molar-refractivity contribution is -0.0429. The maximum Gasteiger partial charge on any atom is 0.516 e. The van der Waals surface area contributed by atoms with E-state index in [1.807, 2.05) is 5.01 Å². The van der Waals surface area contributed by atoms with Crippen molar-refractivity contribution in [3.63, 3.8) is 0 Å². The van der Waals surface area contributed by atoms with Crippen molar-refractivity contribution in [2.24, 2.45) is 5.10 Å². The Kier molecular flexibility index (Phi) is 5.18. The van der Waals surface area contributed by atoms with Gasteiger partial charge in [0.25, 0.3) is 0 Å². The number of para-hydroxylation sites is 1. The van der Waals surface area contributed by atoms with Crippen molar-refractivity contribution in [1.29, 1.82) is 0 Å². The van der Waals surface area contributed by atoms with Crippen molar-refractivity contribution >= 4 is 21.4 Å². The van der Waals surface area contributed by atoms with Gasteiger partial charge in [0.15, 0.2) is 0 Å². The van der Waals surface area contributed by atoms with Gasteiger partial charge in [-0.25, -0.2) is 0 Å². The number of nitrogens with one attached hydrogen (secondary N) is 1. The molecule has 1 N–H and O–H groups in total. The first-order valence-corrected chi connectivity index (χ1v) is 8.68. The number of halogens is 3. The first-order valence-electron chi connectivity index (χ1n) is 7.19. The Morgan fingerprint density at radius 3 is 2.39 bits per heavy atom. The monoisotopic (exact) mass is 349 g/mol. The molecule has 9 heteroatoms. The molecule has 1 aromatic carbocycles. The predicted octanol–water partition coefficient (Wildman–Crippen LogP) is 3.16. The number of alkyl halides is 3. The van der Waals surface area contributed by atoms with Crippen LogP contribution in [-0.2, 0) is 10.0 Å². The lowest BCUT2D eigenvalue weighted by atomic mass is 10.1. The molecule has 0 amide bonds. The summed E-state index contributed by atoms with van der Waals surface area (Å²) in [6.07, 6.45) is 3.16. The van der Waals surface area contributed by atoms with E-state index in [9.17, 15) is 21.6 Å². The molecule has 1 aliphatic heterocycles. The summed E-state index contributed by atoms with van der Waals surface area (Å²) in [7, 11) is -5.46. The van der Waals surface area contributed by atoms with Crippen LogP contribution in [0.15, 0.2) is 29.4 Å². The van der Waals surface area contributed by atoms with Gasteiger partial charge in [0.2, 0.25) is 0 Å². The van der Waals surface area contributed by atoms with Crippen LogP contribution in [0.3, 0.4) is 0 Å². The summed E-state index contributed by atoms with van der Waals surface area (Å²) in [5.74, 6) is 0. The van der Waals surface area contributed by atoms with Crippen LogP contribution in [0.4, 0.5) is 18.9 Å². The minimum atomic E-state index is -5.46. The molecule has 0 spiro atoms. The fraction of sp³-hybridized carbons (Fsp3) is 0.500. The van der Waals surface area contributed by atoms with Crippen molar-refractivity contribution in [3.8, 4) is 0 Å². The second kappa shape index (κ2) is 6.77. The van der Waals surface area contributed by atoms with E-state index in [1.165, 1.54) is 18.2 Å². The van der Waals surface area contributed by atoms with Gasteiger partial charge in [-0.3, -0.25) is 9.73 Å². The standard InChI is InChI=1S/C14H18F3N3O2S/c1-11(18-20-9-5-2-6-10-20)12-7-3-4-8-13(12)19-23(21,22)14(15,16)17/h3-4,7-8,19H,2,5-6,9-10H2,1H3/b18-11+. The Labute approximate surface area is 133 Å². The van der Waals surface area contributed by atoms with E-state index < -0.39 is 15.5 Å². The third-order valence-corrected chi connectivity index (χ3v) is 4.59. The number of piperidine rings is 1. The molecule has 1 fully saturated rings. The normalized spacial score (nSPS) is 17.2. The summed E-state index contributed by atoms with van der Waals surface area (Å²) in [6.45, 7) is 3.22. The Hall–Kier alpha value is -1.77. The number of nitrogens with zero attached hydrogens (tertiary/aromatic N) is 2. The molecule has 5 nitrogen and oxygen atoms in total. The largest absolute Gasteiger partial charge is 0.516 e. The molecule has 1 saturated heterocycles. The third-order valence-electron chi connectivity index (χ3n) is 3.49. The molecule has 1 aromatic rings. The predicted molar refractivity (Wildman–Crippen MR) is 82.7 cm³/mol. The second-order valence-corrected chi connectivity index (χ2v) is 6.97. The fourth-order valence-electron chi connectivity index (χ4n) is 2.33. The van der Waals surface area contributed by atoms with Gasteiger partial charge < -0.3 is 0 Å². The van der Waals surface area contributed by atoms with Gasteiger partial charge in [-0.05, 0) is 32.3 Å². The maximum absolute atomic E-state index is 12.5. The highest BCUT2D eigenvalue weighted by Crippen LogP contribution is 2.27. The zero-order valence-electron chi connectivity index (χ0n) is 12.6. The van der Waals surface area contributed by atoms with Crippen LogP contribution in [0.2, 0.25) is 0 Å². The summed E-state index contributed by atoms with van der Waals surface area (Å²) in [6, 6.07) is 5.91. The minimum Gasteiger partial charge on any atom is -0.297 e. The van der Waals surface area contributed by atoms with E-state index in [0.717, 1.165) is 32.4 Å².